The van der Waals surface area contributed by atoms with E-state index < -0.39 is 12.0 Å². The van der Waals surface area contributed by atoms with Gasteiger partial charge in [-0.15, -0.1) is 11.3 Å². The predicted molar refractivity (Wildman–Crippen MR) is 71.0 cm³/mol. The molecule has 0 spiro atoms. The minimum Gasteiger partial charge on any atom is -0.367 e. The van der Waals surface area contributed by atoms with Crippen LogP contribution in [0.4, 0.5) is 9.93 Å². The van der Waals surface area contributed by atoms with Crippen LogP contribution in [-0.2, 0) is 9.53 Å². The molecular weight excluding hydrogens is 268 g/mol. The maximum atomic E-state index is 11.6. The van der Waals surface area contributed by atoms with Crippen LogP contribution in [0.3, 0.4) is 0 Å². The molecule has 0 saturated carbocycles. The molecule has 1 aromatic heterocycles. The number of urea groups is 1. The van der Waals surface area contributed by atoms with Crippen LogP contribution in [0.15, 0.2) is 5.38 Å². The first-order valence-electron chi connectivity index (χ1n) is 5.96. The molecule has 1 fully saturated rings. The summed E-state index contributed by atoms with van der Waals surface area (Å²) in [7, 11) is 0. The van der Waals surface area contributed by atoms with E-state index in [9.17, 15) is 9.59 Å². The Morgan fingerprint density at radius 3 is 2.95 bits per heavy atom. The van der Waals surface area contributed by atoms with E-state index in [1.807, 2.05) is 12.3 Å². The van der Waals surface area contributed by atoms with Crippen LogP contribution in [-0.4, -0.2) is 35.7 Å². The van der Waals surface area contributed by atoms with Gasteiger partial charge in [-0.05, 0) is 19.8 Å². The van der Waals surface area contributed by atoms with E-state index >= 15 is 0 Å². The van der Waals surface area contributed by atoms with Crippen LogP contribution in [0.5, 0.6) is 0 Å². The number of anilines is 1. The molecule has 2 rings (SSSR count). The van der Waals surface area contributed by atoms with Crippen molar-refractivity contribution in [2.24, 2.45) is 5.73 Å². The SMILES string of the molecule is Cc1csc(NC(=O)NC[C@H]2CC[C@@H](C(N)=O)O2)n1. The van der Waals surface area contributed by atoms with Crippen molar-refractivity contribution in [3.8, 4) is 0 Å². The fourth-order valence-electron chi connectivity index (χ4n) is 1.82. The lowest BCUT2D eigenvalue weighted by atomic mass is 10.2. The highest BCUT2D eigenvalue weighted by Gasteiger charge is 2.29. The molecule has 1 aromatic rings. The van der Waals surface area contributed by atoms with E-state index in [0.717, 1.165) is 5.69 Å². The van der Waals surface area contributed by atoms with Crippen LogP contribution >= 0.6 is 11.3 Å². The maximum absolute atomic E-state index is 11.6. The van der Waals surface area contributed by atoms with Gasteiger partial charge in [-0.2, -0.15) is 0 Å². The lowest BCUT2D eigenvalue weighted by Crippen LogP contribution is -2.36. The highest BCUT2D eigenvalue weighted by atomic mass is 32.1. The molecule has 0 bridgehead atoms. The molecule has 1 aliphatic rings. The largest absolute Gasteiger partial charge is 0.367 e. The monoisotopic (exact) mass is 284 g/mol. The second kappa shape index (κ2) is 5.98. The smallest absolute Gasteiger partial charge is 0.321 e. The molecule has 1 aliphatic heterocycles. The van der Waals surface area contributed by atoms with Crippen molar-refractivity contribution in [2.75, 3.05) is 11.9 Å². The number of hydrogen-bond donors (Lipinski definition) is 3. The normalized spacial score (nSPS) is 22.2. The van der Waals surface area contributed by atoms with E-state index in [1.54, 1.807) is 0 Å². The Labute approximate surface area is 114 Å². The van der Waals surface area contributed by atoms with Crippen LogP contribution in [0.25, 0.3) is 0 Å². The Morgan fingerprint density at radius 2 is 2.37 bits per heavy atom. The minimum atomic E-state index is -0.531. The number of aromatic nitrogens is 1. The Balaban J connectivity index is 1.71. The number of rotatable bonds is 4. The number of primary amides is 1. The predicted octanol–water partition coefficient (Wildman–Crippen LogP) is 0.606. The van der Waals surface area contributed by atoms with Crippen molar-refractivity contribution in [1.29, 1.82) is 0 Å². The molecule has 1 saturated heterocycles. The third-order valence-corrected chi connectivity index (χ3v) is 3.63. The Kier molecular flexibility index (Phi) is 4.33. The molecular formula is C11H16N4O3S. The van der Waals surface area contributed by atoms with Gasteiger partial charge >= 0.3 is 6.03 Å². The molecule has 0 aliphatic carbocycles. The Hall–Kier alpha value is -1.67. The van der Waals surface area contributed by atoms with Gasteiger partial charge in [0.25, 0.3) is 0 Å². The summed E-state index contributed by atoms with van der Waals surface area (Å²) in [6.07, 6.45) is 0.622. The molecule has 4 N–H and O–H groups in total. The Morgan fingerprint density at radius 1 is 1.58 bits per heavy atom. The third-order valence-electron chi connectivity index (χ3n) is 2.75. The van der Waals surface area contributed by atoms with Gasteiger partial charge in [0.05, 0.1) is 11.8 Å². The standard InChI is InChI=1S/C11H16N4O3S/c1-6-5-19-11(14-6)15-10(17)13-4-7-2-3-8(18-7)9(12)16/h5,7-8H,2-4H2,1H3,(H2,12,16)(H2,13,14,15,17)/t7-,8+/m1/s1. The first kappa shape index (κ1) is 13.8. The second-order valence-electron chi connectivity index (χ2n) is 4.36. The maximum Gasteiger partial charge on any atom is 0.321 e. The van der Waals surface area contributed by atoms with E-state index in [4.69, 9.17) is 10.5 Å². The molecule has 2 atom stereocenters. The number of hydrogen-bond acceptors (Lipinski definition) is 5. The quantitative estimate of drug-likeness (QED) is 0.753. The minimum absolute atomic E-state index is 0.165. The first-order valence-corrected chi connectivity index (χ1v) is 6.84. The summed E-state index contributed by atoms with van der Waals surface area (Å²) >= 11 is 1.36. The molecule has 0 aromatic carbocycles. The van der Waals surface area contributed by atoms with E-state index in [2.05, 4.69) is 15.6 Å². The third kappa shape index (κ3) is 3.90. The molecule has 19 heavy (non-hydrogen) atoms. The van der Waals surface area contributed by atoms with Gasteiger partial charge in [-0.25, -0.2) is 9.78 Å². The first-order chi connectivity index (χ1) is 9.04. The summed E-state index contributed by atoms with van der Waals surface area (Å²) in [4.78, 5) is 26.6. The van der Waals surface area contributed by atoms with Crippen LogP contribution in [0.2, 0.25) is 0 Å². The molecule has 104 valence electrons. The van der Waals surface area contributed by atoms with Gasteiger partial charge in [-0.3, -0.25) is 10.1 Å². The van der Waals surface area contributed by atoms with Crippen LogP contribution < -0.4 is 16.4 Å². The summed E-state index contributed by atoms with van der Waals surface area (Å²) < 4.78 is 5.40. The highest BCUT2D eigenvalue weighted by Crippen LogP contribution is 2.19. The number of carbonyl (C=O) groups excluding carboxylic acids is 2. The number of nitrogens with one attached hydrogen (secondary N) is 2. The lowest BCUT2D eigenvalue weighted by Gasteiger charge is -2.12. The molecule has 8 heteroatoms. The number of ether oxygens (including phenoxy) is 1. The van der Waals surface area contributed by atoms with Gasteiger partial charge in [0.1, 0.15) is 6.10 Å². The number of aryl methyl sites for hydroxylation is 1. The van der Waals surface area contributed by atoms with Crippen molar-refractivity contribution in [3.05, 3.63) is 11.1 Å². The summed E-state index contributed by atoms with van der Waals surface area (Å²) in [5, 5.41) is 7.72. The van der Waals surface area contributed by atoms with Gasteiger partial charge in [0.2, 0.25) is 5.91 Å². The average Bonchev–Trinajstić information content (AvgIpc) is 2.96. The van der Waals surface area contributed by atoms with E-state index in [-0.39, 0.29) is 12.1 Å². The van der Waals surface area contributed by atoms with Crippen LogP contribution in [0.1, 0.15) is 18.5 Å². The molecule has 3 amide bonds. The van der Waals surface area contributed by atoms with Gasteiger partial charge in [0, 0.05) is 11.9 Å². The molecule has 0 radical (unpaired) electrons. The summed E-state index contributed by atoms with van der Waals surface area (Å²) in [6.45, 7) is 2.20. The summed E-state index contributed by atoms with van der Waals surface area (Å²) in [5.41, 5.74) is 6.01. The molecule has 0 unspecified atom stereocenters. The van der Waals surface area contributed by atoms with E-state index in [1.165, 1.54) is 11.3 Å². The van der Waals surface area contributed by atoms with Crippen molar-refractivity contribution in [1.82, 2.24) is 10.3 Å². The zero-order chi connectivity index (χ0) is 13.8. The Bertz CT molecular complexity index is 476. The fraction of sp³-hybridized carbons (Fsp3) is 0.545. The number of thiazole rings is 1. The van der Waals surface area contributed by atoms with Gasteiger partial charge in [-0.1, -0.05) is 0 Å². The van der Waals surface area contributed by atoms with Crippen molar-refractivity contribution >= 4 is 28.4 Å². The van der Waals surface area contributed by atoms with Crippen molar-refractivity contribution in [3.63, 3.8) is 0 Å². The van der Waals surface area contributed by atoms with E-state index in [0.29, 0.717) is 24.5 Å². The second-order valence-corrected chi connectivity index (χ2v) is 5.21. The lowest BCUT2D eigenvalue weighted by molar-refractivity contribution is -0.128. The van der Waals surface area contributed by atoms with Gasteiger partial charge < -0.3 is 15.8 Å². The highest BCUT2D eigenvalue weighted by molar-refractivity contribution is 7.13. The number of amides is 3. The van der Waals surface area contributed by atoms with Crippen LogP contribution in [0, 0.1) is 6.92 Å². The number of carbonyl (C=O) groups is 2. The van der Waals surface area contributed by atoms with Crippen molar-refractivity contribution < 1.29 is 14.3 Å². The average molecular weight is 284 g/mol. The zero-order valence-corrected chi connectivity index (χ0v) is 11.3. The summed E-state index contributed by atoms with van der Waals surface area (Å²) in [6, 6.07) is -0.333. The fourth-order valence-corrected chi connectivity index (χ4v) is 2.51. The number of nitrogens with zero attached hydrogens (tertiary/aromatic N) is 1. The van der Waals surface area contributed by atoms with Crippen molar-refractivity contribution in [2.45, 2.75) is 32.0 Å². The summed E-state index contributed by atoms with van der Waals surface area (Å²) in [5.74, 6) is -0.454. The molecule has 7 nitrogen and oxygen atoms in total. The zero-order valence-electron chi connectivity index (χ0n) is 10.5. The number of nitrogens with two attached hydrogens (primary N) is 1. The topological polar surface area (TPSA) is 106 Å². The van der Waals surface area contributed by atoms with Gasteiger partial charge in [0.15, 0.2) is 5.13 Å². The molecule has 2 heterocycles.